The highest BCUT2D eigenvalue weighted by Crippen LogP contribution is 2.13. The number of ether oxygens (including phenoxy) is 1. The second kappa shape index (κ2) is 10.9. The first-order chi connectivity index (χ1) is 11.6. The van der Waals surface area contributed by atoms with E-state index in [2.05, 4.69) is 20.7 Å². The monoisotopic (exact) mass is 461 g/mol. The van der Waals surface area contributed by atoms with Crippen LogP contribution in [-0.4, -0.2) is 34.9 Å². The molecule has 0 spiro atoms. The van der Waals surface area contributed by atoms with Crippen LogP contribution in [0.4, 0.5) is 4.39 Å². The Morgan fingerprint density at radius 1 is 1.40 bits per heavy atom. The summed E-state index contributed by atoms with van der Waals surface area (Å²) >= 11 is 0. The lowest BCUT2D eigenvalue weighted by atomic mass is 10.3. The number of nitrogens with zero attached hydrogens (tertiary/aromatic N) is 3. The minimum Gasteiger partial charge on any atom is -0.489 e. The summed E-state index contributed by atoms with van der Waals surface area (Å²) in [5, 5.41) is 10.5. The van der Waals surface area contributed by atoms with Crippen LogP contribution in [0.15, 0.2) is 41.7 Å². The lowest BCUT2D eigenvalue weighted by molar-refractivity contribution is 0.223. The number of benzene rings is 1. The van der Waals surface area contributed by atoms with E-state index in [1.54, 1.807) is 23.0 Å². The van der Waals surface area contributed by atoms with Crippen molar-refractivity contribution in [3.8, 4) is 5.75 Å². The summed E-state index contributed by atoms with van der Waals surface area (Å²) in [4.78, 5) is 4.52. The molecule has 25 heavy (non-hydrogen) atoms. The molecule has 0 aliphatic carbocycles. The fourth-order valence-electron chi connectivity index (χ4n) is 2.12. The number of hydrogen-bond donors (Lipinski definition) is 2. The molecular formula is C17H25FIN5O. The van der Waals surface area contributed by atoms with Gasteiger partial charge in [0.05, 0.1) is 19.3 Å². The predicted octanol–water partition coefficient (Wildman–Crippen LogP) is 2.70. The lowest BCUT2D eigenvalue weighted by Gasteiger charge is -2.17. The standard InChI is InChI=1S/C17H24FN5O.HI/c1-4-19-17(21-10-14-11-22-23(3)12-14)20-9-13(2)24-16-7-5-6-15(18)8-16;/h5-8,11-13H,4,9-10H2,1-3H3,(H2,19,20,21);1H. The van der Waals surface area contributed by atoms with Crippen LogP contribution in [0.1, 0.15) is 19.4 Å². The molecule has 0 saturated heterocycles. The second-order valence-corrected chi connectivity index (χ2v) is 5.48. The zero-order valence-corrected chi connectivity index (χ0v) is 17.0. The van der Waals surface area contributed by atoms with E-state index in [9.17, 15) is 4.39 Å². The molecule has 1 aromatic heterocycles. The van der Waals surface area contributed by atoms with Crippen LogP contribution >= 0.6 is 24.0 Å². The van der Waals surface area contributed by atoms with E-state index < -0.39 is 0 Å². The van der Waals surface area contributed by atoms with Crippen LogP contribution in [-0.2, 0) is 13.6 Å². The average molecular weight is 461 g/mol. The maximum absolute atomic E-state index is 13.2. The van der Waals surface area contributed by atoms with Crippen molar-refractivity contribution in [2.45, 2.75) is 26.5 Å². The topological polar surface area (TPSA) is 63.5 Å². The molecule has 0 bridgehead atoms. The molecule has 1 aromatic carbocycles. The molecule has 138 valence electrons. The predicted molar refractivity (Wildman–Crippen MR) is 108 cm³/mol. The van der Waals surface area contributed by atoms with Gasteiger partial charge in [-0.05, 0) is 26.0 Å². The smallest absolute Gasteiger partial charge is 0.191 e. The highest BCUT2D eigenvalue weighted by atomic mass is 127. The van der Waals surface area contributed by atoms with Crippen LogP contribution in [0.25, 0.3) is 0 Å². The zero-order valence-electron chi connectivity index (χ0n) is 14.7. The van der Waals surface area contributed by atoms with Crippen molar-refractivity contribution in [1.29, 1.82) is 0 Å². The Morgan fingerprint density at radius 3 is 2.84 bits per heavy atom. The number of nitrogens with one attached hydrogen (secondary N) is 2. The first kappa shape index (κ1) is 21.2. The number of aromatic nitrogens is 2. The third kappa shape index (κ3) is 7.72. The fraction of sp³-hybridized carbons (Fsp3) is 0.412. The summed E-state index contributed by atoms with van der Waals surface area (Å²) in [6.45, 7) is 5.78. The Morgan fingerprint density at radius 2 is 2.20 bits per heavy atom. The van der Waals surface area contributed by atoms with Gasteiger partial charge in [0.25, 0.3) is 0 Å². The molecule has 0 aliphatic rings. The largest absolute Gasteiger partial charge is 0.489 e. The third-order valence-corrected chi connectivity index (χ3v) is 3.21. The molecule has 2 N–H and O–H groups in total. The quantitative estimate of drug-likeness (QED) is 0.378. The van der Waals surface area contributed by atoms with Crippen molar-refractivity contribution in [1.82, 2.24) is 20.4 Å². The van der Waals surface area contributed by atoms with Crippen molar-refractivity contribution in [3.63, 3.8) is 0 Å². The Bertz CT molecular complexity index is 677. The Hall–Kier alpha value is -1.84. The summed E-state index contributed by atoms with van der Waals surface area (Å²) in [6, 6.07) is 6.13. The van der Waals surface area contributed by atoms with Gasteiger partial charge < -0.3 is 15.4 Å². The van der Waals surface area contributed by atoms with Crippen LogP contribution < -0.4 is 15.4 Å². The first-order valence-electron chi connectivity index (χ1n) is 7.98. The Balaban J connectivity index is 0.00000312. The van der Waals surface area contributed by atoms with Crippen LogP contribution in [0.2, 0.25) is 0 Å². The summed E-state index contributed by atoms with van der Waals surface area (Å²) in [7, 11) is 1.88. The van der Waals surface area contributed by atoms with Crippen LogP contribution in [0.3, 0.4) is 0 Å². The first-order valence-corrected chi connectivity index (χ1v) is 7.98. The van der Waals surface area contributed by atoms with Crippen molar-refractivity contribution in [3.05, 3.63) is 48.0 Å². The van der Waals surface area contributed by atoms with Gasteiger partial charge in [-0.15, -0.1) is 24.0 Å². The van der Waals surface area contributed by atoms with Gasteiger partial charge >= 0.3 is 0 Å². The Kier molecular flexibility index (Phi) is 9.25. The lowest BCUT2D eigenvalue weighted by Crippen LogP contribution is -2.41. The fourth-order valence-corrected chi connectivity index (χ4v) is 2.12. The molecule has 2 rings (SSSR count). The molecule has 0 fully saturated rings. The molecule has 1 atom stereocenters. The van der Waals surface area contributed by atoms with Crippen molar-refractivity contribution in [2.75, 3.05) is 13.1 Å². The second-order valence-electron chi connectivity index (χ2n) is 5.48. The van der Waals surface area contributed by atoms with E-state index in [-0.39, 0.29) is 35.9 Å². The van der Waals surface area contributed by atoms with Gasteiger partial charge in [-0.3, -0.25) is 4.68 Å². The number of aryl methyl sites for hydroxylation is 1. The van der Waals surface area contributed by atoms with Gasteiger partial charge in [0.1, 0.15) is 17.7 Å². The van der Waals surface area contributed by atoms with Gasteiger partial charge in [0.15, 0.2) is 5.96 Å². The number of hydrogen-bond acceptors (Lipinski definition) is 3. The molecule has 6 nitrogen and oxygen atoms in total. The van der Waals surface area contributed by atoms with Crippen molar-refractivity contribution >= 4 is 29.9 Å². The van der Waals surface area contributed by atoms with Gasteiger partial charge in [-0.1, -0.05) is 6.07 Å². The van der Waals surface area contributed by atoms with E-state index in [1.165, 1.54) is 12.1 Å². The normalized spacial score (nSPS) is 12.2. The molecule has 0 amide bonds. The highest BCUT2D eigenvalue weighted by molar-refractivity contribution is 14.0. The van der Waals surface area contributed by atoms with E-state index in [0.717, 1.165) is 12.1 Å². The molecule has 0 aliphatic heterocycles. The highest BCUT2D eigenvalue weighted by Gasteiger charge is 2.06. The number of rotatable bonds is 7. The molecule has 0 radical (unpaired) electrons. The molecule has 2 aromatic rings. The SMILES string of the molecule is CCNC(=NCc1cnn(C)c1)NCC(C)Oc1cccc(F)c1.I. The van der Waals surface area contributed by atoms with Crippen LogP contribution in [0, 0.1) is 5.82 Å². The summed E-state index contributed by atoms with van der Waals surface area (Å²) in [6.07, 6.45) is 3.60. The van der Waals surface area contributed by atoms with E-state index in [4.69, 9.17) is 4.74 Å². The molecular weight excluding hydrogens is 436 g/mol. The summed E-state index contributed by atoms with van der Waals surface area (Å²) < 4.78 is 20.6. The molecule has 1 heterocycles. The van der Waals surface area contributed by atoms with E-state index >= 15 is 0 Å². The maximum Gasteiger partial charge on any atom is 0.191 e. The van der Waals surface area contributed by atoms with Gasteiger partial charge in [-0.25, -0.2) is 9.38 Å². The summed E-state index contributed by atoms with van der Waals surface area (Å²) in [5.41, 5.74) is 1.04. The molecule has 1 unspecified atom stereocenters. The van der Waals surface area contributed by atoms with Gasteiger partial charge in [0.2, 0.25) is 0 Å². The Labute approximate surface area is 164 Å². The zero-order chi connectivity index (χ0) is 17.4. The maximum atomic E-state index is 13.2. The molecule has 0 saturated carbocycles. The van der Waals surface area contributed by atoms with E-state index in [0.29, 0.717) is 24.8 Å². The number of aliphatic imine (C=N–C) groups is 1. The third-order valence-electron chi connectivity index (χ3n) is 3.21. The van der Waals surface area contributed by atoms with Crippen molar-refractivity contribution in [2.24, 2.45) is 12.0 Å². The van der Waals surface area contributed by atoms with Crippen LogP contribution in [0.5, 0.6) is 5.75 Å². The molecule has 8 heteroatoms. The van der Waals surface area contributed by atoms with Crippen molar-refractivity contribution < 1.29 is 9.13 Å². The van der Waals surface area contributed by atoms with Gasteiger partial charge in [0, 0.05) is 31.4 Å². The van der Waals surface area contributed by atoms with Gasteiger partial charge in [-0.2, -0.15) is 5.10 Å². The number of guanidine groups is 1. The average Bonchev–Trinajstić information content (AvgIpc) is 2.95. The number of halogens is 2. The minimum atomic E-state index is -0.306. The summed E-state index contributed by atoms with van der Waals surface area (Å²) in [5.74, 6) is 0.914. The minimum absolute atomic E-state index is 0. The van der Waals surface area contributed by atoms with E-state index in [1.807, 2.05) is 27.1 Å².